The molecule has 0 fully saturated rings. The largest absolute Gasteiger partial charge is 0.462 e. The van der Waals surface area contributed by atoms with Crippen molar-refractivity contribution in [2.24, 2.45) is 0 Å². The van der Waals surface area contributed by atoms with Crippen LogP contribution in [0.4, 0.5) is 5.95 Å². The molecule has 0 bridgehead atoms. The molecule has 118 valence electrons. The van der Waals surface area contributed by atoms with E-state index in [9.17, 15) is 4.79 Å². The molecule has 1 aromatic heterocycles. The van der Waals surface area contributed by atoms with Crippen LogP contribution in [0.25, 0.3) is 0 Å². The van der Waals surface area contributed by atoms with Crippen LogP contribution in [0.1, 0.15) is 23.0 Å². The van der Waals surface area contributed by atoms with Crippen LogP contribution in [-0.4, -0.2) is 67.8 Å². The predicted octanol–water partition coefficient (Wildman–Crippen LogP) is 0.952. The van der Waals surface area contributed by atoms with Crippen molar-refractivity contribution in [2.45, 2.75) is 13.8 Å². The molecule has 1 N–H and O–H groups in total. The van der Waals surface area contributed by atoms with Gasteiger partial charge in [-0.05, 0) is 20.9 Å². The van der Waals surface area contributed by atoms with Crippen molar-refractivity contribution in [1.82, 2.24) is 14.9 Å². The smallest absolute Gasteiger partial charge is 0.341 e. The minimum absolute atomic E-state index is 0.339. The Labute approximate surface area is 125 Å². The molecule has 0 saturated carbocycles. The van der Waals surface area contributed by atoms with E-state index in [2.05, 4.69) is 20.2 Å². The minimum Gasteiger partial charge on any atom is -0.462 e. The van der Waals surface area contributed by atoms with Crippen molar-refractivity contribution < 1.29 is 14.3 Å². The highest BCUT2D eigenvalue weighted by Gasteiger charge is 2.12. The molecule has 1 rings (SSSR count). The van der Waals surface area contributed by atoms with Crippen LogP contribution in [0.2, 0.25) is 0 Å². The topological polar surface area (TPSA) is 76.6 Å². The molecular formula is C14H24N4O3. The van der Waals surface area contributed by atoms with E-state index in [1.54, 1.807) is 21.0 Å². The summed E-state index contributed by atoms with van der Waals surface area (Å²) in [6.45, 7) is 7.03. The third-order valence-electron chi connectivity index (χ3n) is 2.93. The first-order chi connectivity index (χ1) is 10.1. The van der Waals surface area contributed by atoms with Crippen molar-refractivity contribution in [2.75, 3.05) is 52.3 Å². The van der Waals surface area contributed by atoms with Crippen molar-refractivity contribution >= 4 is 11.9 Å². The Morgan fingerprint density at radius 2 is 2.19 bits per heavy atom. The lowest BCUT2D eigenvalue weighted by Crippen LogP contribution is -2.28. The van der Waals surface area contributed by atoms with Crippen LogP contribution in [0.3, 0.4) is 0 Å². The van der Waals surface area contributed by atoms with E-state index in [0.29, 0.717) is 30.4 Å². The summed E-state index contributed by atoms with van der Waals surface area (Å²) in [6.07, 6.45) is 1.50. The predicted molar refractivity (Wildman–Crippen MR) is 80.6 cm³/mol. The molecule has 1 heterocycles. The number of likely N-dealkylation sites (N-methyl/N-ethyl adjacent to an activating group) is 1. The Hall–Kier alpha value is -1.73. The van der Waals surface area contributed by atoms with Gasteiger partial charge in [0, 0.05) is 32.9 Å². The fourth-order valence-corrected chi connectivity index (χ4v) is 1.68. The molecule has 1 aromatic rings. The van der Waals surface area contributed by atoms with Gasteiger partial charge in [0.1, 0.15) is 0 Å². The van der Waals surface area contributed by atoms with Gasteiger partial charge in [0.15, 0.2) is 0 Å². The Balaban J connectivity index is 2.47. The number of nitrogens with one attached hydrogen (secondary N) is 1. The Kier molecular flexibility index (Phi) is 7.63. The Morgan fingerprint density at radius 3 is 2.81 bits per heavy atom. The van der Waals surface area contributed by atoms with Crippen LogP contribution in [0.5, 0.6) is 0 Å². The van der Waals surface area contributed by atoms with E-state index >= 15 is 0 Å². The molecule has 0 aromatic carbocycles. The van der Waals surface area contributed by atoms with E-state index in [-0.39, 0.29) is 5.97 Å². The molecule has 0 amide bonds. The highest BCUT2D eigenvalue weighted by atomic mass is 16.5. The van der Waals surface area contributed by atoms with E-state index in [0.717, 1.165) is 19.6 Å². The zero-order valence-corrected chi connectivity index (χ0v) is 13.2. The summed E-state index contributed by atoms with van der Waals surface area (Å²) in [4.78, 5) is 22.2. The first-order valence-corrected chi connectivity index (χ1v) is 7.00. The number of aryl methyl sites for hydroxylation is 1. The number of ether oxygens (including phenoxy) is 2. The van der Waals surface area contributed by atoms with E-state index in [1.807, 2.05) is 7.05 Å². The fraction of sp³-hybridized carbons (Fsp3) is 0.643. The summed E-state index contributed by atoms with van der Waals surface area (Å²) in [5.41, 5.74) is 1.01. The summed E-state index contributed by atoms with van der Waals surface area (Å²) in [6, 6.07) is 0. The number of hydrogen-bond acceptors (Lipinski definition) is 7. The first-order valence-electron chi connectivity index (χ1n) is 7.00. The molecule has 0 saturated heterocycles. The number of carbonyl (C=O) groups excluding carboxylic acids is 1. The summed E-state index contributed by atoms with van der Waals surface area (Å²) >= 11 is 0. The number of rotatable bonds is 9. The average Bonchev–Trinajstić information content (AvgIpc) is 2.45. The van der Waals surface area contributed by atoms with Gasteiger partial charge in [0.25, 0.3) is 0 Å². The number of methoxy groups -OCH3 is 1. The quantitative estimate of drug-likeness (QED) is 0.680. The Morgan fingerprint density at radius 1 is 1.43 bits per heavy atom. The fourth-order valence-electron chi connectivity index (χ4n) is 1.68. The number of anilines is 1. The van der Waals surface area contributed by atoms with Gasteiger partial charge in [-0.1, -0.05) is 0 Å². The highest BCUT2D eigenvalue weighted by molar-refractivity contribution is 5.90. The molecule has 0 atom stereocenters. The second-order valence-electron chi connectivity index (χ2n) is 4.64. The van der Waals surface area contributed by atoms with Gasteiger partial charge in [-0.25, -0.2) is 14.8 Å². The van der Waals surface area contributed by atoms with Gasteiger partial charge in [0.05, 0.1) is 24.5 Å². The second-order valence-corrected chi connectivity index (χ2v) is 4.64. The van der Waals surface area contributed by atoms with Gasteiger partial charge in [-0.15, -0.1) is 0 Å². The normalized spacial score (nSPS) is 10.7. The minimum atomic E-state index is -0.388. The summed E-state index contributed by atoms with van der Waals surface area (Å²) in [5, 5.41) is 3.13. The molecule has 0 aliphatic carbocycles. The van der Waals surface area contributed by atoms with E-state index < -0.39 is 0 Å². The van der Waals surface area contributed by atoms with Gasteiger partial charge >= 0.3 is 5.97 Å². The van der Waals surface area contributed by atoms with Crippen LogP contribution < -0.4 is 5.32 Å². The number of carbonyl (C=O) groups is 1. The maximum absolute atomic E-state index is 11.6. The molecule has 7 nitrogen and oxygen atoms in total. The van der Waals surface area contributed by atoms with E-state index in [1.165, 1.54) is 6.20 Å². The van der Waals surface area contributed by atoms with Crippen molar-refractivity contribution in [3.8, 4) is 0 Å². The molecule has 0 spiro atoms. The zero-order chi connectivity index (χ0) is 15.7. The number of nitrogens with zero attached hydrogens (tertiary/aromatic N) is 3. The Bertz CT molecular complexity index is 454. The van der Waals surface area contributed by atoms with Crippen molar-refractivity contribution in [3.63, 3.8) is 0 Å². The van der Waals surface area contributed by atoms with Crippen LogP contribution in [-0.2, 0) is 9.47 Å². The molecule has 0 radical (unpaired) electrons. The van der Waals surface area contributed by atoms with E-state index in [4.69, 9.17) is 9.47 Å². The average molecular weight is 296 g/mol. The van der Waals surface area contributed by atoms with Gasteiger partial charge in [-0.2, -0.15) is 0 Å². The summed E-state index contributed by atoms with van der Waals surface area (Å²) < 4.78 is 9.96. The van der Waals surface area contributed by atoms with Crippen LogP contribution >= 0.6 is 0 Å². The van der Waals surface area contributed by atoms with Crippen molar-refractivity contribution in [3.05, 3.63) is 17.5 Å². The van der Waals surface area contributed by atoms with Gasteiger partial charge < -0.3 is 19.7 Å². The zero-order valence-electron chi connectivity index (χ0n) is 13.2. The van der Waals surface area contributed by atoms with Gasteiger partial charge in [0.2, 0.25) is 5.95 Å². The molecule has 7 heteroatoms. The number of hydrogen-bond donors (Lipinski definition) is 1. The van der Waals surface area contributed by atoms with Crippen LogP contribution in [0, 0.1) is 6.92 Å². The molecular weight excluding hydrogens is 272 g/mol. The van der Waals surface area contributed by atoms with Crippen LogP contribution in [0.15, 0.2) is 6.20 Å². The monoisotopic (exact) mass is 296 g/mol. The standard InChI is InChI=1S/C14H24N4O3/c1-5-21-13(19)12-10-16-14(17-11(12)2)15-6-7-18(3)8-9-20-4/h10H,5-9H2,1-4H3,(H,15,16,17). The second kappa shape index (κ2) is 9.25. The number of aromatic nitrogens is 2. The maximum Gasteiger partial charge on any atom is 0.341 e. The van der Waals surface area contributed by atoms with Crippen molar-refractivity contribution in [1.29, 1.82) is 0 Å². The summed E-state index contributed by atoms with van der Waals surface area (Å²) in [7, 11) is 3.71. The highest BCUT2D eigenvalue weighted by Crippen LogP contribution is 2.08. The lowest BCUT2D eigenvalue weighted by molar-refractivity contribution is 0.0524. The number of esters is 1. The third-order valence-corrected chi connectivity index (χ3v) is 2.93. The lowest BCUT2D eigenvalue weighted by Gasteiger charge is -2.16. The SMILES string of the molecule is CCOC(=O)c1cnc(NCCN(C)CCOC)nc1C. The summed E-state index contributed by atoms with van der Waals surface area (Å²) in [5.74, 6) is 0.126. The first kappa shape index (κ1) is 17.3. The third kappa shape index (κ3) is 6.05. The molecule has 0 unspecified atom stereocenters. The molecule has 0 aliphatic heterocycles. The lowest BCUT2D eigenvalue weighted by atomic mass is 10.2. The molecule has 0 aliphatic rings. The van der Waals surface area contributed by atoms with Gasteiger partial charge in [-0.3, -0.25) is 0 Å². The maximum atomic E-state index is 11.6. The molecule has 21 heavy (non-hydrogen) atoms.